The fourth-order valence-electron chi connectivity index (χ4n) is 3.46. The van der Waals surface area contributed by atoms with Crippen molar-refractivity contribution in [3.8, 4) is 5.75 Å². The van der Waals surface area contributed by atoms with E-state index in [2.05, 4.69) is 20.8 Å². The number of nitrogens with zero attached hydrogens (tertiary/aromatic N) is 1. The molecule has 0 atom stereocenters. The Hall–Kier alpha value is -0.540. The van der Waals surface area contributed by atoms with Gasteiger partial charge < -0.3 is 26.6 Å². The number of hydrogen-bond acceptors (Lipinski definition) is 1. The summed E-state index contributed by atoms with van der Waals surface area (Å²) < 4.78 is 1.29. The Kier molecular flexibility index (Phi) is 13.4. The number of quaternary nitrogens is 1. The summed E-state index contributed by atoms with van der Waals surface area (Å²) in [4.78, 5) is 0. The number of halogens is 1. The molecular formula is C21H38BrNO. The molecule has 0 spiro atoms. The zero-order chi connectivity index (χ0) is 17.0. The summed E-state index contributed by atoms with van der Waals surface area (Å²) in [6.07, 6.45) is 10.6. The predicted octanol–water partition coefficient (Wildman–Crippen LogP) is 2.55. The van der Waals surface area contributed by atoms with Crippen LogP contribution in [-0.4, -0.2) is 35.8 Å². The van der Waals surface area contributed by atoms with Crippen molar-refractivity contribution in [1.29, 1.82) is 0 Å². The molecule has 1 rings (SSSR count). The summed E-state index contributed by atoms with van der Waals surface area (Å²) in [5.41, 5.74) is 1.34. The van der Waals surface area contributed by atoms with Gasteiger partial charge in [-0.05, 0) is 63.6 Å². The van der Waals surface area contributed by atoms with Crippen LogP contribution in [0.2, 0.25) is 0 Å². The average molecular weight is 400 g/mol. The van der Waals surface area contributed by atoms with E-state index >= 15 is 0 Å². The lowest BCUT2D eigenvalue weighted by molar-refractivity contribution is -0.925. The first-order valence-corrected chi connectivity index (χ1v) is 9.78. The second-order valence-corrected chi connectivity index (χ2v) is 6.96. The van der Waals surface area contributed by atoms with Crippen molar-refractivity contribution >= 4 is 0 Å². The van der Waals surface area contributed by atoms with Gasteiger partial charge in [0.2, 0.25) is 0 Å². The van der Waals surface area contributed by atoms with Gasteiger partial charge >= 0.3 is 0 Å². The van der Waals surface area contributed by atoms with Gasteiger partial charge in [-0.15, -0.1) is 0 Å². The summed E-state index contributed by atoms with van der Waals surface area (Å²) in [5, 5.41) is 9.33. The highest BCUT2D eigenvalue weighted by Crippen LogP contribution is 2.16. The molecule has 1 N–H and O–H groups in total. The van der Waals surface area contributed by atoms with Crippen molar-refractivity contribution in [2.24, 2.45) is 0 Å². The maximum absolute atomic E-state index is 9.33. The number of aromatic hydroxyl groups is 1. The summed E-state index contributed by atoms with van der Waals surface area (Å²) in [6.45, 7) is 12.2. The van der Waals surface area contributed by atoms with Crippen molar-refractivity contribution in [3.63, 3.8) is 0 Å². The Morgan fingerprint density at radius 3 is 1.83 bits per heavy atom. The normalized spacial score (nSPS) is 11.3. The van der Waals surface area contributed by atoms with Crippen molar-refractivity contribution in [1.82, 2.24) is 0 Å². The van der Waals surface area contributed by atoms with Crippen LogP contribution in [-0.2, 0) is 6.42 Å². The van der Waals surface area contributed by atoms with E-state index in [9.17, 15) is 5.11 Å². The largest absolute Gasteiger partial charge is 1.00 e. The van der Waals surface area contributed by atoms with E-state index in [0.717, 1.165) is 6.42 Å². The minimum Gasteiger partial charge on any atom is -1.00 e. The second kappa shape index (κ2) is 13.7. The third kappa shape index (κ3) is 9.08. The third-order valence-corrected chi connectivity index (χ3v) is 5.36. The van der Waals surface area contributed by atoms with Crippen molar-refractivity contribution < 1.29 is 26.6 Å². The van der Waals surface area contributed by atoms with E-state index in [1.165, 1.54) is 81.2 Å². The Morgan fingerprint density at radius 1 is 0.750 bits per heavy atom. The molecule has 0 radical (unpaired) electrons. The number of hydrogen-bond donors (Lipinski definition) is 1. The number of aryl methyl sites for hydroxylation is 1. The Balaban J connectivity index is 0.00000529. The van der Waals surface area contributed by atoms with Crippen molar-refractivity contribution in [2.75, 3.05) is 26.2 Å². The lowest BCUT2D eigenvalue weighted by Gasteiger charge is -2.37. The summed E-state index contributed by atoms with van der Waals surface area (Å²) in [7, 11) is 0. The van der Waals surface area contributed by atoms with Crippen LogP contribution in [0.15, 0.2) is 24.3 Å². The highest BCUT2D eigenvalue weighted by atomic mass is 79.9. The van der Waals surface area contributed by atoms with Gasteiger partial charge in [-0.1, -0.05) is 38.3 Å². The van der Waals surface area contributed by atoms with Gasteiger partial charge in [0.05, 0.1) is 26.2 Å². The fourth-order valence-corrected chi connectivity index (χ4v) is 3.46. The van der Waals surface area contributed by atoms with Crippen LogP contribution in [0.25, 0.3) is 0 Å². The van der Waals surface area contributed by atoms with E-state index in [0.29, 0.717) is 5.75 Å². The van der Waals surface area contributed by atoms with Crippen LogP contribution in [0.1, 0.15) is 71.3 Å². The molecule has 0 unspecified atom stereocenters. The smallest absolute Gasteiger partial charge is 0.115 e. The quantitative estimate of drug-likeness (QED) is 0.399. The van der Waals surface area contributed by atoms with Gasteiger partial charge in [-0.3, -0.25) is 0 Å². The van der Waals surface area contributed by atoms with E-state index < -0.39 is 0 Å². The van der Waals surface area contributed by atoms with E-state index in [1.807, 2.05) is 12.1 Å². The second-order valence-electron chi connectivity index (χ2n) is 6.96. The Labute approximate surface area is 160 Å². The van der Waals surface area contributed by atoms with Crippen molar-refractivity contribution in [2.45, 2.75) is 72.1 Å². The van der Waals surface area contributed by atoms with Crippen LogP contribution in [0.5, 0.6) is 5.75 Å². The molecule has 0 aromatic heterocycles. The van der Waals surface area contributed by atoms with Gasteiger partial charge in [-0.2, -0.15) is 0 Å². The van der Waals surface area contributed by atoms with Crippen molar-refractivity contribution in [3.05, 3.63) is 29.8 Å². The molecule has 0 aliphatic carbocycles. The molecule has 0 fully saturated rings. The summed E-state index contributed by atoms with van der Waals surface area (Å²) in [5.74, 6) is 0.365. The molecule has 24 heavy (non-hydrogen) atoms. The maximum Gasteiger partial charge on any atom is 0.115 e. The highest BCUT2D eigenvalue weighted by molar-refractivity contribution is 5.25. The summed E-state index contributed by atoms with van der Waals surface area (Å²) in [6, 6.07) is 7.68. The summed E-state index contributed by atoms with van der Waals surface area (Å²) >= 11 is 0. The SMILES string of the molecule is CCCCCCC[N+](CC)(CC)CCCCc1ccc(O)cc1.[Br-]. The van der Waals surface area contributed by atoms with Crippen LogP contribution >= 0.6 is 0 Å². The van der Waals surface area contributed by atoms with Crippen LogP contribution in [0, 0.1) is 0 Å². The van der Waals surface area contributed by atoms with Crippen LogP contribution in [0.3, 0.4) is 0 Å². The first-order valence-electron chi connectivity index (χ1n) is 9.78. The van der Waals surface area contributed by atoms with Crippen LogP contribution < -0.4 is 17.0 Å². The first kappa shape index (κ1) is 23.5. The molecular weight excluding hydrogens is 362 g/mol. The Bertz CT molecular complexity index is 401. The molecule has 0 saturated carbocycles. The van der Waals surface area contributed by atoms with Gasteiger partial charge in [0.15, 0.2) is 0 Å². The topological polar surface area (TPSA) is 20.2 Å². The van der Waals surface area contributed by atoms with Gasteiger partial charge in [0.25, 0.3) is 0 Å². The van der Waals surface area contributed by atoms with Crippen LogP contribution in [0.4, 0.5) is 0 Å². The van der Waals surface area contributed by atoms with E-state index in [-0.39, 0.29) is 17.0 Å². The highest BCUT2D eigenvalue weighted by Gasteiger charge is 2.21. The van der Waals surface area contributed by atoms with Gasteiger partial charge in [0, 0.05) is 0 Å². The molecule has 140 valence electrons. The molecule has 0 saturated heterocycles. The molecule has 0 aliphatic rings. The van der Waals surface area contributed by atoms with Gasteiger partial charge in [-0.25, -0.2) is 0 Å². The van der Waals surface area contributed by atoms with E-state index in [1.54, 1.807) is 12.1 Å². The maximum atomic E-state index is 9.33. The fraction of sp³-hybridized carbons (Fsp3) is 0.714. The molecule has 0 aliphatic heterocycles. The molecule has 3 heteroatoms. The lowest BCUT2D eigenvalue weighted by atomic mass is 10.1. The number of phenolic OH excluding ortho intramolecular Hbond substituents is 1. The number of rotatable bonds is 13. The minimum atomic E-state index is 0. The predicted molar refractivity (Wildman–Crippen MR) is 101 cm³/mol. The average Bonchev–Trinajstić information content (AvgIpc) is 2.58. The third-order valence-electron chi connectivity index (χ3n) is 5.36. The number of unbranched alkanes of at least 4 members (excludes halogenated alkanes) is 5. The molecule has 0 heterocycles. The molecule has 2 nitrogen and oxygen atoms in total. The molecule has 1 aromatic rings. The Morgan fingerprint density at radius 2 is 1.29 bits per heavy atom. The molecule has 0 bridgehead atoms. The molecule has 1 aromatic carbocycles. The number of benzene rings is 1. The lowest BCUT2D eigenvalue weighted by Crippen LogP contribution is -3.00. The number of phenols is 1. The minimum absolute atomic E-state index is 0. The monoisotopic (exact) mass is 399 g/mol. The zero-order valence-corrected chi connectivity index (χ0v) is 17.7. The molecule has 0 amide bonds. The zero-order valence-electron chi connectivity index (χ0n) is 16.1. The first-order chi connectivity index (χ1) is 11.2. The van der Waals surface area contributed by atoms with E-state index in [4.69, 9.17) is 0 Å². The van der Waals surface area contributed by atoms with Gasteiger partial charge in [0.1, 0.15) is 5.75 Å². The standard InChI is InChI=1S/C21H37NO.BrH/c1-4-7-8-9-11-18-22(5-2,6-3)19-12-10-13-20-14-16-21(23)17-15-20;/h14-17H,4-13,18-19H2,1-3H3;1H.